The van der Waals surface area contributed by atoms with Crippen molar-refractivity contribution in [1.82, 2.24) is 10.6 Å². The molecule has 1 heterocycles. The molecule has 8 nitrogen and oxygen atoms in total. The van der Waals surface area contributed by atoms with Gasteiger partial charge in [0.05, 0.1) is 11.4 Å². The molecule has 160 valence electrons. The van der Waals surface area contributed by atoms with Crippen molar-refractivity contribution in [1.29, 1.82) is 0 Å². The van der Waals surface area contributed by atoms with Gasteiger partial charge in [0.2, 0.25) is 10.0 Å². The Labute approximate surface area is 176 Å². The third kappa shape index (κ3) is 5.50. The van der Waals surface area contributed by atoms with Crippen molar-refractivity contribution in [3.05, 3.63) is 59.7 Å². The minimum absolute atomic E-state index is 0.0494. The van der Waals surface area contributed by atoms with Crippen LogP contribution in [-0.4, -0.2) is 38.7 Å². The molecule has 1 aliphatic rings. The van der Waals surface area contributed by atoms with Gasteiger partial charge in [-0.15, -0.1) is 0 Å². The van der Waals surface area contributed by atoms with Gasteiger partial charge in [0.25, 0.3) is 5.91 Å². The lowest BCUT2D eigenvalue weighted by atomic mass is 10.1. The van der Waals surface area contributed by atoms with Gasteiger partial charge >= 0.3 is 6.03 Å². The quantitative estimate of drug-likeness (QED) is 0.655. The topological polar surface area (TPSA) is 108 Å². The van der Waals surface area contributed by atoms with Gasteiger partial charge in [-0.3, -0.25) is 9.10 Å². The SMILES string of the molecule is CC(C)NC(=O)Nc1ccc(CNC(=O)c2ccc(N3CCCS3(=O)=O)cc2)cc1. The number of rotatable bonds is 6. The molecule has 1 aliphatic heterocycles. The Morgan fingerprint density at radius 3 is 2.27 bits per heavy atom. The summed E-state index contributed by atoms with van der Waals surface area (Å²) in [6, 6.07) is 13.5. The second kappa shape index (κ2) is 9.17. The van der Waals surface area contributed by atoms with E-state index in [0.717, 1.165) is 5.56 Å². The highest BCUT2D eigenvalue weighted by Gasteiger charge is 2.28. The maximum Gasteiger partial charge on any atom is 0.319 e. The van der Waals surface area contributed by atoms with E-state index in [1.807, 2.05) is 26.0 Å². The number of benzene rings is 2. The van der Waals surface area contributed by atoms with Crippen molar-refractivity contribution < 1.29 is 18.0 Å². The lowest BCUT2D eigenvalue weighted by Gasteiger charge is -2.17. The second-order valence-electron chi connectivity index (χ2n) is 7.42. The van der Waals surface area contributed by atoms with Crippen LogP contribution in [-0.2, 0) is 16.6 Å². The summed E-state index contributed by atoms with van der Waals surface area (Å²) < 4.78 is 25.4. The van der Waals surface area contributed by atoms with E-state index in [1.54, 1.807) is 36.4 Å². The van der Waals surface area contributed by atoms with Crippen molar-refractivity contribution in [3.63, 3.8) is 0 Å². The number of carbonyl (C=O) groups excluding carboxylic acids is 2. The molecule has 3 amide bonds. The van der Waals surface area contributed by atoms with Crippen LogP contribution in [0.25, 0.3) is 0 Å². The molecule has 0 saturated carbocycles. The third-order valence-corrected chi connectivity index (χ3v) is 6.47. The Balaban J connectivity index is 1.53. The molecule has 30 heavy (non-hydrogen) atoms. The van der Waals surface area contributed by atoms with Crippen LogP contribution in [0.5, 0.6) is 0 Å². The van der Waals surface area contributed by atoms with E-state index in [9.17, 15) is 18.0 Å². The summed E-state index contributed by atoms with van der Waals surface area (Å²) in [7, 11) is -3.23. The van der Waals surface area contributed by atoms with E-state index in [0.29, 0.717) is 36.4 Å². The molecule has 0 radical (unpaired) electrons. The van der Waals surface area contributed by atoms with Crippen LogP contribution in [0.15, 0.2) is 48.5 Å². The Morgan fingerprint density at radius 2 is 1.70 bits per heavy atom. The lowest BCUT2D eigenvalue weighted by Crippen LogP contribution is -2.34. The summed E-state index contributed by atoms with van der Waals surface area (Å²) >= 11 is 0. The summed E-state index contributed by atoms with van der Waals surface area (Å²) in [6.07, 6.45) is 0.612. The number of carbonyl (C=O) groups is 2. The van der Waals surface area contributed by atoms with Gasteiger partial charge in [0.1, 0.15) is 0 Å². The molecule has 3 N–H and O–H groups in total. The summed E-state index contributed by atoms with van der Waals surface area (Å²) in [6.45, 7) is 4.57. The standard InChI is InChI=1S/C21H26N4O4S/c1-15(2)23-21(27)24-18-8-4-16(5-9-18)14-22-20(26)17-6-10-19(11-7-17)25-12-3-13-30(25,28)29/h4-11,15H,3,12-14H2,1-2H3,(H,22,26)(H2,23,24,27). The Kier molecular flexibility index (Phi) is 6.61. The molecule has 0 atom stereocenters. The van der Waals surface area contributed by atoms with Gasteiger partial charge in [-0.25, -0.2) is 13.2 Å². The maximum atomic E-state index is 12.4. The summed E-state index contributed by atoms with van der Waals surface area (Å²) in [5.74, 6) is -0.0873. The first-order valence-corrected chi connectivity index (χ1v) is 11.4. The minimum Gasteiger partial charge on any atom is -0.348 e. The highest BCUT2D eigenvalue weighted by Crippen LogP contribution is 2.24. The van der Waals surface area contributed by atoms with E-state index in [1.165, 1.54) is 4.31 Å². The van der Waals surface area contributed by atoms with Gasteiger partial charge in [-0.05, 0) is 62.2 Å². The number of urea groups is 1. The van der Waals surface area contributed by atoms with Gasteiger partial charge in [-0.2, -0.15) is 0 Å². The number of hydrogen-bond acceptors (Lipinski definition) is 4. The van der Waals surface area contributed by atoms with Crippen LogP contribution < -0.4 is 20.3 Å². The smallest absolute Gasteiger partial charge is 0.319 e. The largest absolute Gasteiger partial charge is 0.348 e. The molecule has 0 aliphatic carbocycles. The zero-order valence-electron chi connectivity index (χ0n) is 17.0. The predicted molar refractivity (Wildman–Crippen MR) is 117 cm³/mol. The van der Waals surface area contributed by atoms with Crippen LogP contribution >= 0.6 is 0 Å². The molecule has 1 fully saturated rings. The minimum atomic E-state index is -3.23. The van der Waals surface area contributed by atoms with Crippen LogP contribution in [0.1, 0.15) is 36.2 Å². The zero-order valence-corrected chi connectivity index (χ0v) is 17.8. The number of hydrogen-bond donors (Lipinski definition) is 3. The summed E-state index contributed by atoms with van der Waals surface area (Å²) in [5, 5.41) is 8.32. The number of amides is 3. The number of nitrogens with zero attached hydrogens (tertiary/aromatic N) is 1. The second-order valence-corrected chi connectivity index (χ2v) is 9.43. The fourth-order valence-electron chi connectivity index (χ4n) is 3.13. The van der Waals surface area contributed by atoms with Crippen LogP contribution in [0.3, 0.4) is 0 Å². The average molecular weight is 431 g/mol. The first-order valence-electron chi connectivity index (χ1n) is 9.80. The van der Waals surface area contributed by atoms with Crippen molar-refractivity contribution in [2.24, 2.45) is 0 Å². The first kappa shape index (κ1) is 21.6. The van der Waals surface area contributed by atoms with Crippen molar-refractivity contribution in [2.75, 3.05) is 21.9 Å². The van der Waals surface area contributed by atoms with E-state index < -0.39 is 10.0 Å². The average Bonchev–Trinajstić information content (AvgIpc) is 3.05. The number of sulfonamides is 1. The summed E-state index contributed by atoms with van der Waals surface area (Å²) in [5.41, 5.74) is 2.58. The van der Waals surface area contributed by atoms with E-state index in [2.05, 4.69) is 16.0 Å². The normalized spacial score (nSPS) is 15.1. The maximum absolute atomic E-state index is 12.4. The van der Waals surface area contributed by atoms with Crippen LogP contribution in [0, 0.1) is 0 Å². The fourth-order valence-corrected chi connectivity index (χ4v) is 4.69. The zero-order chi connectivity index (χ0) is 21.7. The summed E-state index contributed by atoms with van der Waals surface area (Å²) in [4.78, 5) is 24.1. The number of anilines is 2. The Morgan fingerprint density at radius 1 is 1.03 bits per heavy atom. The monoisotopic (exact) mass is 430 g/mol. The van der Waals surface area contributed by atoms with Crippen molar-refractivity contribution >= 4 is 33.3 Å². The van der Waals surface area contributed by atoms with E-state index in [4.69, 9.17) is 0 Å². The molecule has 0 unspecified atom stereocenters. The molecule has 2 aromatic rings. The predicted octanol–water partition coefficient (Wildman–Crippen LogP) is 2.69. The highest BCUT2D eigenvalue weighted by atomic mass is 32.2. The van der Waals surface area contributed by atoms with Gasteiger partial charge in [0.15, 0.2) is 0 Å². The van der Waals surface area contributed by atoms with Gasteiger partial charge in [-0.1, -0.05) is 12.1 Å². The molecule has 9 heteroatoms. The number of nitrogens with one attached hydrogen (secondary N) is 3. The molecular formula is C21H26N4O4S. The van der Waals surface area contributed by atoms with Gasteiger partial charge < -0.3 is 16.0 Å². The van der Waals surface area contributed by atoms with Crippen LogP contribution in [0.2, 0.25) is 0 Å². The van der Waals surface area contributed by atoms with Gasteiger partial charge in [0, 0.05) is 30.4 Å². The third-order valence-electron chi connectivity index (χ3n) is 4.60. The molecule has 0 spiro atoms. The molecule has 1 saturated heterocycles. The molecule has 3 rings (SSSR count). The highest BCUT2D eigenvalue weighted by molar-refractivity contribution is 7.93. The fraction of sp³-hybridized carbons (Fsp3) is 0.333. The lowest BCUT2D eigenvalue weighted by molar-refractivity contribution is 0.0951. The van der Waals surface area contributed by atoms with Crippen molar-refractivity contribution in [2.45, 2.75) is 32.9 Å². The Hall–Kier alpha value is -3.07. The molecule has 0 aromatic heterocycles. The Bertz CT molecular complexity index is 1000. The first-order chi connectivity index (χ1) is 14.2. The molecule has 2 aromatic carbocycles. The molecule has 0 bridgehead atoms. The van der Waals surface area contributed by atoms with Crippen LogP contribution in [0.4, 0.5) is 16.2 Å². The van der Waals surface area contributed by atoms with E-state index >= 15 is 0 Å². The van der Waals surface area contributed by atoms with E-state index in [-0.39, 0.29) is 23.7 Å². The van der Waals surface area contributed by atoms with Crippen molar-refractivity contribution in [3.8, 4) is 0 Å². The molecular weight excluding hydrogens is 404 g/mol.